The van der Waals surface area contributed by atoms with Gasteiger partial charge >= 0.3 is 5.97 Å². The zero-order valence-electron chi connectivity index (χ0n) is 8.29. The fourth-order valence-electron chi connectivity index (χ4n) is 0.986. The molecule has 1 aromatic carbocycles. The summed E-state index contributed by atoms with van der Waals surface area (Å²) >= 11 is 11.7. The average molecular weight is 249 g/mol. The summed E-state index contributed by atoms with van der Waals surface area (Å²) in [4.78, 5) is 11.1. The van der Waals surface area contributed by atoms with Gasteiger partial charge in [-0.3, -0.25) is 0 Å². The third-order valence-corrected chi connectivity index (χ3v) is 2.34. The first-order chi connectivity index (χ1) is 7.06. The number of carbonyl (C=O) groups is 1. The molecule has 1 atom stereocenters. The first kappa shape index (κ1) is 12.1. The predicted molar refractivity (Wildman–Crippen MR) is 58.6 cm³/mol. The Labute approximate surface area is 97.9 Å². The Morgan fingerprint density at radius 2 is 1.87 bits per heavy atom. The van der Waals surface area contributed by atoms with Gasteiger partial charge in [0.25, 0.3) is 0 Å². The van der Waals surface area contributed by atoms with Crippen molar-refractivity contribution in [1.82, 2.24) is 0 Å². The number of esters is 1. The van der Waals surface area contributed by atoms with Crippen LogP contribution < -0.4 is 4.74 Å². The summed E-state index contributed by atoms with van der Waals surface area (Å²) in [6.45, 7) is 1.56. The molecule has 0 radical (unpaired) electrons. The van der Waals surface area contributed by atoms with Crippen LogP contribution in [-0.2, 0) is 9.53 Å². The molecule has 82 valence electrons. The van der Waals surface area contributed by atoms with Crippen LogP contribution in [0.15, 0.2) is 18.2 Å². The summed E-state index contributed by atoms with van der Waals surface area (Å²) in [5, 5.41) is 0.719. The maximum atomic E-state index is 11.1. The van der Waals surface area contributed by atoms with Crippen LogP contribution in [0.5, 0.6) is 5.75 Å². The summed E-state index contributed by atoms with van der Waals surface area (Å²) in [5.41, 5.74) is 0. The lowest BCUT2D eigenvalue weighted by atomic mass is 10.3. The summed E-state index contributed by atoms with van der Waals surface area (Å²) in [5.74, 6) is -0.190. The molecule has 0 spiro atoms. The van der Waals surface area contributed by atoms with Crippen molar-refractivity contribution in [2.45, 2.75) is 13.0 Å². The quantitative estimate of drug-likeness (QED) is 0.772. The highest BCUT2D eigenvalue weighted by Crippen LogP contribution is 2.33. The minimum absolute atomic E-state index is 0.290. The van der Waals surface area contributed by atoms with Crippen LogP contribution in [0.25, 0.3) is 0 Å². The Morgan fingerprint density at radius 1 is 1.33 bits per heavy atom. The Kier molecular flexibility index (Phi) is 4.24. The van der Waals surface area contributed by atoms with E-state index in [4.69, 9.17) is 27.9 Å². The second kappa shape index (κ2) is 5.24. The molecule has 0 N–H and O–H groups in total. The second-order valence-corrected chi connectivity index (χ2v) is 3.65. The lowest BCUT2D eigenvalue weighted by Crippen LogP contribution is -2.25. The normalized spacial score (nSPS) is 12.0. The van der Waals surface area contributed by atoms with Crippen molar-refractivity contribution < 1.29 is 14.3 Å². The third kappa shape index (κ3) is 3.01. The van der Waals surface area contributed by atoms with Crippen molar-refractivity contribution in [1.29, 1.82) is 0 Å². The fourth-order valence-corrected chi connectivity index (χ4v) is 1.47. The van der Waals surface area contributed by atoms with Crippen LogP contribution in [-0.4, -0.2) is 19.2 Å². The smallest absolute Gasteiger partial charge is 0.346 e. The van der Waals surface area contributed by atoms with E-state index in [-0.39, 0.29) is 0 Å². The molecule has 1 unspecified atom stereocenters. The molecule has 0 saturated carbocycles. The van der Waals surface area contributed by atoms with Gasteiger partial charge in [-0.25, -0.2) is 4.79 Å². The standard InChI is InChI=1S/C10H10Cl2O3/c1-6(10(13)14-2)15-9-7(11)4-3-5-8(9)12/h3-6H,1-2H3. The van der Waals surface area contributed by atoms with Gasteiger partial charge in [0.1, 0.15) is 0 Å². The van der Waals surface area contributed by atoms with Crippen molar-refractivity contribution in [3.63, 3.8) is 0 Å². The number of benzene rings is 1. The Morgan fingerprint density at radius 3 is 2.33 bits per heavy atom. The first-order valence-corrected chi connectivity index (χ1v) is 5.00. The molecule has 1 rings (SSSR count). The molecule has 0 amide bonds. The van der Waals surface area contributed by atoms with E-state index in [9.17, 15) is 4.79 Å². The highest BCUT2D eigenvalue weighted by atomic mass is 35.5. The Hall–Kier alpha value is -0.930. The second-order valence-electron chi connectivity index (χ2n) is 2.83. The Balaban J connectivity index is 2.85. The lowest BCUT2D eigenvalue weighted by Gasteiger charge is -2.14. The van der Waals surface area contributed by atoms with Gasteiger partial charge in [0.2, 0.25) is 0 Å². The van der Waals surface area contributed by atoms with Gasteiger partial charge < -0.3 is 9.47 Å². The monoisotopic (exact) mass is 248 g/mol. The van der Waals surface area contributed by atoms with E-state index in [1.165, 1.54) is 7.11 Å². The van der Waals surface area contributed by atoms with Gasteiger partial charge in [0, 0.05) is 0 Å². The molecule has 0 saturated heterocycles. The van der Waals surface area contributed by atoms with Gasteiger partial charge in [0.05, 0.1) is 17.2 Å². The molecule has 1 aromatic rings. The molecule has 0 aliphatic heterocycles. The Bertz CT molecular complexity index is 345. The first-order valence-electron chi connectivity index (χ1n) is 4.24. The van der Waals surface area contributed by atoms with Crippen LogP contribution in [0, 0.1) is 0 Å². The average Bonchev–Trinajstić information content (AvgIpc) is 2.22. The van der Waals surface area contributed by atoms with Crippen LogP contribution in [0.1, 0.15) is 6.92 Å². The van der Waals surface area contributed by atoms with E-state index >= 15 is 0 Å². The van der Waals surface area contributed by atoms with Crippen LogP contribution >= 0.6 is 23.2 Å². The molecule has 5 heteroatoms. The number of rotatable bonds is 3. The zero-order chi connectivity index (χ0) is 11.4. The van der Waals surface area contributed by atoms with Gasteiger partial charge in [-0.1, -0.05) is 29.3 Å². The number of hydrogen-bond donors (Lipinski definition) is 0. The van der Waals surface area contributed by atoms with Gasteiger partial charge in [-0.2, -0.15) is 0 Å². The van der Waals surface area contributed by atoms with E-state index in [0.717, 1.165) is 0 Å². The van der Waals surface area contributed by atoms with Crippen molar-refractivity contribution in [3.8, 4) is 5.75 Å². The van der Waals surface area contributed by atoms with E-state index in [0.29, 0.717) is 15.8 Å². The maximum absolute atomic E-state index is 11.1. The zero-order valence-corrected chi connectivity index (χ0v) is 9.80. The fraction of sp³-hybridized carbons (Fsp3) is 0.300. The van der Waals surface area contributed by atoms with Crippen molar-refractivity contribution >= 4 is 29.2 Å². The third-order valence-electron chi connectivity index (χ3n) is 1.75. The molecule has 0 aromatic heterocycles. The van der Waals surface area contributed by atoms with E-state index in [1.54, 1.807) is 25.1 Å². The van der Waals surface area contributed by atoms with E-state index in [1.807, 2.05) is 0 Å². The summed E-state index contributed by atoms with van der Waals surface area (Å²) in [7, 11) is 1.29. The summed E-state index contributed by atoms with van der Waals surface area (Å²) in [6, 6.07) is 4.96. The number of ether oxygens (including phenoxy) is 2. The molecular weight excluding hydrogens is 239 g/mol. The number of hydrogen-bond acceptors (Lipinski definition) is 3. The molecule has 0 fully saturated rings. The van der Waals surface area contributed by atoms with Crippen LogP contribution in [0.4, 0.5) is 0 Å². The molecular formula is C10H10Cl2O3. The molecule has 0 aliphatic rings. The number of methoxy groups -OCH3 is 1. The molecule has 0 heterocycles. The molecule has 15 heavy (non-hydrogen) atoms. The SMILES string of the molecule is COC(=O)C(C)Oc1c(Cl)cccc1Cl. The molecule has 3 nitrogen and oxygen atoms in total. The highest BCUT2D eigenvalue weighted by molar-refractivity contribution is 6.37. The minimum Gasteiger partial charge on any atom is -0.476 e. The summed E-state index contributed by atoms with van der Waals surface area (Å²) in [6.07, 6.45) is -0.743. The van der Waals surface area contributed by atoms with E-state index < -0.39 is 12.1 Å². The predicted octanol–water partition coefficient (Wildman–Crippen LogP) is 2.93. The topological polar surface area (TPSA) is 35.5 Å². The van der Waals surface area contributed by atoms with Gasteiger partial charge in [0.15, 0.2) is 11.9 Å². The maximum Gasteiger partial charge on any atom is 0.346 e. The number of halogens is 2. The van der Waals surface area contributed by atoms with Crippen LogP contribution in [0.2, 0.25) is 10.0 Å². The molecule has 0 bridgehead atoms. The van der Waals surface area contributed by atoms with Gasteiger partial charge in [-0.15, -0.1) is 0 Å². The van der Waals surface area contributed by atoms with E-state index in [2.05, 4.69) is 4.74 Å². The largest absolute Gasteiger partial charge is 0.476 e. The lowest BCUT2D eigenvalue weighted by molar-refractivity contribution is -0.147. The van der Waals surface area contributed by atoms with Gasteiger partial charge in [-0.05, 0) is 19.1 Å². The number of carbonyl (C=O) groups excluding carboxylic acids is 1. The summed E-state index contributed by atoms with van der Waals surface area (Å²) < 4.78 is 9.80. The van der Waals surface area contributed by atoms with Crippen molar-refractivity contribution in [2.75, 3.05) is 7.11 Å². The van der Waals surface area contributed by atoms with Crippen molar-refractivity contribution in [3.05, 3.63) is 28.2 Å². The minimum atomic E-state index is -0.743. The van der Waals surface area contributed by atoms with Crippen molar-refractivity contribution in [2.24, 2.45) is 0 Å². The molecule has 0 aliphatic carbocycles. The highest BCUT2D eigenvalue weighted by Gasteiger charge is 2.17. The number of para-hydroxylation sites is 1. The van der Waals surface area contributed by atoms with Crippen LogP contribution in [0.3, 0.4) is 0 Å².